The minimum absolute atomic E-state index is 0.0889. The monoisotopic (exact) mass is 244 g/mol. The predicted octanol–water partition coefficient (Wildman–Crippen LogP) is 2.42. The number of nitrogens with zero attached hydrogens (tertiary/aromatic N) is 2. The van der Waals surface area contributed by atoms with E-state index < -0.39 is 0 Å². The molecule has 0 fully saturated rings. The van der Waals surface area contributed by atoms with Gasteiger partial charge < -0.3 is 9.47 Å². The van der Waals surface area contributed by atoms with Crippen molar-refractivity contribution in [2.45, 2.75) is 25.9 Å². The Hall–Kier alpha value is -0.710. The molecule has 0 N–H and O–H groups in total. The maximum absolute atomic E-state index is 6.06. The first-order chi connectivity index (χ1) is 7.72. The van der Waals surface area contributed by atoms with Gasteiger partial charge in [-0.05, 0) is 6.42 Å². The zero-order valence-electron chi connectivity index (χ0n) is 9.86. The highest BCUT2D eigenvalue weighted by Gasteiger charge is 2.13. The highest BCUT2D eigenvalue weighted by Crippen LogP contribution is 2.20. The Morgan fingerprint density at radius 1 is 1.44 bits per heavy atom. The summed E-state index contributed by atoms with van der Waals surface area (Å²) in [7, 11) is 3.30. The standard InChI is InChI=1S/C11H17ClN2O2/c1-4-9(16-3)11-13-7-8(5-6-15-2)10(12)14-11/h7,9H,4-6H2,1-3H3/t9-/m0/s1. The molecule has 0 aliphatic rings. The van der Waals surface area contributed by atoms with E-state index >= 15 is 0 Å². The number of hydrogen-bond donors (Lipinski definition) is 0. The second kappa shape index (κ2) is 6.78. The van der Waals surface area contributed by atoms with Gasteiger partial charge in [0.1, 0.15) is 11.3 Å². The van der Waals surface area contributed by atoms with E-state index in [2.05, 4.69) is 9.97 Å². The molecule has 0 saturated carbocycles. The lowest BCUT2D eigenvalue weighted by atomic mass is 10.2. The molecule has 1 aromatic heterocycles. The van der Waals surface area contributed by atoms with Crippen molar-refractivity contribution in [2.24, 2.45) is 0 Å². The number of methoxy groups -OCH3 is 2. The van der Waals surface area contributed by atoms with Gasteiger partial charge in [-0.2, -0.15) is 0 Å². The third-order valence-corrected chi connectivity index (χ3v) is 2.68. The topological polar surface area (TPSA) is 44.2 Å². The fourth-order valence-electron chi connectivity index (χ4n) is 1.39. The fraction of sp³-hybridized carbons (Fsp3) is 0.636. The highest BCUT2D eigenvalue weighted by atomic mass is 35.5. The van der Waals surface area contributed by atoms with Gasteiger partial charge in [-0.1, -0.05) is 18.5 Å². The first-order valence-electron chi connectivity index (χ1n) is 5.26. The van der Waals surface area contributed by atoms with E-state index in [1.807, 2.05) is 6.92 Å². The van der Waals surface area contributed by atoms with Gasteiger partial charge in [-0.15, -0.1) is 0 Å². The predicted molar refractivity (Wildman–Crippen MR) is 62.7 cm³/mol. The Kier molecular flexibility index (Phi) is 5.66. The Morgan fingerprint density at radius 3 is 2.69 bits per heavy atom. The van der Waals surface area contributed by atoms with E-state index in [0.717, 1.165) is 18.4 Å². The van der Waals surface area contributed by atoms with Crippen molar-refractivity contribution < 1.29 is 9.47 Å². The van der Waals surface area contributed by atoms with Crippen LogP contribution in [0.1, 0.15) is 30.8 Å². The highest BCUT2D eigenvalue weighted by molar-refractivity contribution is 6.30. The summed E-state index contributed by atoms with van der Waals surface area (Å²) in [5.74, 6) is 0.635. The van der Waals surface area contributed by atoms with Gasteiger partial charge >= 0.3 is 0 Å². The van der Waals surface area contributed by atoms with Crippen molar-refractivity contribution in [2.75, 3.05) is 20.8 Å². The smallest absolute Gasteiger partial charge is 0.158 e. The zero-order valence-corrected chi connectivity index (χ0v) is 10.6. The van der Waals surface area contributed by atoms with Crippen molar-refractivity contribution in [3.8, 4) is 0 Å². The van der Waals surface area contributed by atoms with Crippen molar-refractivity contribution in [3.63, 3.8) is 0 Å². The molecule has 1 rings (SSSR count). The van der Waals surface area contributed by atoms with Crippen LogP contribution in [0.15, 0.2) is 6.20 Å². The normalized spacial score (nSPS) is 12.8. The lowest BCUT2D eigenvalue weighted by molar-refractivity contribution is 0.0925. The molecule has 0 bridgehead atoms. The third-order valence-electron chi connectivity index (χ3n) is 2.35. The summed E-state index contributed by atoms with van der Waals surface area (Å²) in [6.45, 7) is 2.63. The van der Waals surface area contributed by atoms with Crippen LogP contribution < -0.4 is 0 Å². The summed E-state index contributed by atoms with van der Waals surface area (Å²) in [6, 6.07) is 0. The van der Waals surface area contributed by atoms with E-state index in [1.54, 1.807) is 20.4 Å². The number of ether oxygens (including phenoxy) is 2. The van der Waals surface area contributed by atoms with Crippen LogP contribution in [0.5, 0.6) is 0 Å². The lowest BCUT2D eigenvalue weighted by Crippen LogP contribution is -2.07. The summed E-state index contributed by atoms with van der Waals surface area (Å²) < 4.78 is 10.2. The Labute approximate surface area is 101 Å². The Morgan fingerprint density at radius 2 is 2.19 bits per heavy atom. The van der Waals surface area contributed by atoms with Crippen molar-refractivity contribution in [1.82, 2.24) is 9.97 Å². The van der Waals surface area contributed by atoms with E-state index in [-0.39, 0.29) is 6.10 Å². The number of halogens is 1. The molecule has 0 spiro atoms. The molecule has 1 aromatic rings. The number of rotatable bonds is 6. The van der Waals surface area contributed by atoms with Crippen LogP contribution in [0.4, 0.5) is 0 Å². The van der Waals surface area contributed by atoms with E-state index in [9.17, 15) is 0 Å². The van der Waals surface area contributed by atoms with Crippen LogP contribution in [0.25, 0.3) is 0 Å². The molecule has 0 aromatic carbocycles. The molecule has 0 radical (unpaired) electrons. The quantitative estimate of drug-likeness (QED) is 0.721. The first-order valence-corrected chi connectivity index (χ1v) is 5.63. The lowest BCUT2D eigenvalue weighted by Gasteiger charge is -2.12. The van der Waals surface area contributed by atoms with E-state index in [0.29, 0.717) is 17.6 Å². The molecule has 0 unspecified atom stereocenters. The largest absolute Gasteiger partial charge is 0.384 e. The third kappa shape index (κ3) is 3.40. The van der Waals surface area contributed by atoms with E-state index in [4.69, 9.17) is 21.1 Å². The van der Waals surface area contributed by atoms with Crippen molar-refractivity contribution in [1.29, 1.82) is 0 Å². The maximum Gasteiger partial charge on any atom is 0.158 e. The molecule has 90 valence electrons. The molecule has 4 nitrogen and oxygen atoms in total. The molecule has 0 saturated heterocycles. The van der Waals surface area contributed by atoms with Crippen LogP contribution in [-0.4, -0.2) is 30.8 Å². The molecule has 0 aliphatic carbocycles. The molecular weight excluding hydrogens is 228 g/mol. The van der Waals surface area contributed by atoms with Crippen LogP contribution in [-0.2, 0) is 15.9 Å². The number of hydrogen-bond acceptors (Lipinski definition) is 4. The molecule has 5 heteroatoms. The average molecular weight is 245 g/mol. The van der Waals surface area contributed by atoms with Gasteiger partial charge in [-0.25, -0.2) is 9.97 Å². The van der Waals surface area contributed by atoms with Gasteiger partial charge in [0.15, 0.2) is 5.82 Å². The van der Waals surface area contributed by atoms with Crippen LogP contribution in [0.3, 0.4) is 0 Å². The summed E-state index contributed by atoms with van der Waals surface area (Å²) in [6.07, 6.45) is 3.20. The summed E-state index contributed by atoms with van der Waals surface area (Å²) in [5, 5.41) is 0.484. The summed E-state index contributed by atoms with van der Waals surface area (Å²) >= 11 is 6.06. The van der Waals surface area contributed by atoms with Crippen LogP contribution in [0.2, 0.25) is 5.15 Å². The van der Waals surface area contributed by atoms with Gasteiger partial charge in [0.25, 0.3) is 0 Å². The van der Waals surface area contributed by atoms with Crippen LogP contribution >= 0.6 is 11.6 Å². The molecule has 1 heterocycles. The molecule has 16 heavy (non-hydrogen) atoms. The van der Waals surface area contributed by atoms with Gasteiger partial charge in [-0.3, -0.25) is 0 Å². The number of aromatic nitrogens is 2. The van der Waals surface area contributed by atoms with Gasteiger partial charge in [0.2, 0.25) is 0 Å². The second-order valence-corrected chi connectivity index (χ2v) is 3.78. The molecular formula is C11H17ClN2O2. The van der Waals surface area contributed by atoms with Gasteiger partial charge in [0.05, 0.1) is 6.61 Å². The fourth-order valence-corrected chi connectivity index (χ4v) is 1.62. The molecule has 0 aliphatic heterocycles. The van der Waals surface area contributed by atoms with Crippen molar-refractivity contribution >= 4 is 11.6 Å². The maximum atomic E-state index is 6.06. The van der Waals surface area contributed by atoms with Gasteiger partial charge in [0, 0.05) is 32.4 Å². The Bertz CT molecular complexity index is 330. The Balaban J connectivity index is 2.81. The summed E-state index contributed by atoms with van der Waals surface area (Å²) in [4.78, 5) is 8.50. The van der Waals surface area contributed by atoms with E-state index in [1.165, 1.54) is 0 Å². The molecule has 0 amide bonds. The minimum Gasteiger partial charge on any atom is -0.384 e. The average Bonchev–Trinajstić information content (AvgIpc) is 2.29. The van der Waals surface area contributed by atoms with Crippen molar-refractivity contribution in [3.05, 3.63) is 22.7 Å². The second-order valence-electron chi connectivity index (χ2n) is 3.42. The summed E-state index contributed by atoms with van der Waals surface area (Å²) in [5.41, 5.74) is 0.901. The molecule has 1 atom stereocenters. The first kappa shape index (κ1) is 13.4. The minimum atomic E-state index is -0.0889. The SMILES string of the molecule is CC[C@H](OC)c1ncc(CCOC)c(Cl)n1. The van der Waals surface area contributed by atoms with Crippen LogP contribution in [0, 0.1) is 0 Å². The zero-order chi connectivity index (χ0) is 12.0.